The summed E-state index contributed by atoms with van der Waals surface area (Å²) in [7, 11) is 0. The molecule has 1 saturated heterocycles. The van der Waals surface area contributed by atoms with Crippen LogP contribution in [-0.2, 0) is 6.54 Å². The minimum Gasteiger partial charge on any atom is -0.355 e. The Hall–Kier alpha value is -2.34. The van der Waals surface area contributed by atoms with E-state index >= 15 is 0 Å². The van der Waals surface area contributed by atoms with Gasteiger partial charge in [-0.2, -0.15) is 0 Å². The van der Waals surface area contributed by atoms with Gasteiger partial charge < -0.3 is 9.42 Å². The largest absolute Gasteiger partial charge is 0.355 e. The van der Waals surface area contributed by atoms with Crippen LogP contribution in [0.3, 0.4) is 0 Å². The maximum atomic E-state index is 12.9. The third-order valence-electron chi connectivity index (χ3n) is 5.05. The highest BCUT2D eigenvalue weighted by atomic mass is 35.5. The molecule has 4 rings (SSSR count). The second-order valence-electron chi connectivity index (χ2n) is 7.13. The summed E-state index contributed by atoms with van der Waals surface area (Å²) in [5.74, 6) is 0.464. The fourth-order valence-electron chi connectivity index (χ4n) is 3.47. The number of carbonyl (C=O) groups excluding carboxylic acids is 1. The van der Waals surface area contributed by atoms with Crippen LogP contribution in [0.15, 0.2) is 59.1 Å². The van der Waals surface area contributed by atoms with Gasteiger partial charge in [0.2, 0.25) is 0 Å². The van der Waals surface area contributed by atoms with Crippen LogP contribution in [0.2, 0.25) is 10.0 Å². The molecule has 0 radical (unpaired) electrons. The lowest BCUT2D eigenvalue weighted by molar-refractivity contribution is 0.0751. The smallest absolute Gasteiger partial charge is 0.276 e. The van der Waals surface area contributed by atoms with E-state index in [0.717, 1.165) is 36.6 Å². The summed E-state index contributed by atoms with van der Waals surface area (Å²) in [4.78, 5) is 17.1. The monoisotopic (exact) mass is 429 g/mol. The number of nitrogens with zero attached hydrogens (tertiary/aromatic N) is 3. The number of carbonyl (C=O) groups is 1. The molecule has 1 fully saturated rings. The van der Waals surface area contributed by atoms with Gasteiger partial charge in [0.05, 0.1) is 0 Å². The zero-order valence-electron chi connectivity index (χ0n) is 15.9. The number of halogens is 2. The Balaban J connectivity index is 1.38. The molecule has 5 nitrogen and oxygen atoms in total. The number of benzene rings is 2. The zero-order valence-corrected chi connectivity index (χ0v) is 17.4. The van der Waals surface area contributed by atoms with Gasteiger partial charge in [-0.3, -0.25) is 9.69 Å². The topological polar surface area (TPSA) is 49.6 Å². The molecular weight excluding hydrogens is 409 g/mol. The number of aromatic nitrogens is 1. The zero-order chi connectivity index (χ0) is 20.2. The molecule has 29 heavy (non-hydrogen) atoms. The SMILES string of the molecule is O=C(c1cc(-c2ccc(Cl)cc2)on1)N1CCCN(Cc2ccc(Cl)cc2)CC1. The Kier molecular flexibility index (Phi) is 6.19. The molecular formula is C22H21Cl2N3O2. The third kappa shape index (κ3) is 4.99. The standard InChI is InChI=1S/C22H21Cl2N3O2/c23-18-6-2-16(3-7-18)15-26-10-1-11-27(13-12-26)22(28)20-14-21(29-25-20)17-4-8-19(24)9-5-17/h2-9,14H,1,10-13,15H2. The maximum Gasteiger partial charge on any atom is 0.276 e. The molecule has 1 aliphatic heterocycles. The molecule has 150 valence electrons. The van der Waals surface area contributed by atoms with Crippen molar-refractivity contribution in [3.8, 4) is 11.3 Å². The van der Waals surface area contributed by atoms with Crippen molar-refractivity contribution in [3.63, 3.8) is 0 Å². The van der Waals surface area contributed by atoms with Gasteiger partial charge in [-0.1, -0.05) is 40.5 Å². The molecule has 0 aliphatic carbocycles. The molecule has 0 N–H and O–H groups in total. The minimum atomic E-state index is -0.0951. The van der Waals surface area contributed by atoms with Gasteiger partial charge >= 0.3 is 0 Å². The van der Waals surface area contributed by atoms with Crippen molar-refractivity contribution >= 4 is 29.1 Å². The molecule has 0 spiro atoms. The highest BCUT2D eigenvalue weighted by Crippen LogP contribution is 2.23. The van der Waals surface area contributed by atoms with Crippen molar-refractivity contribution in [3.05, 3.63) is 75.9 Å². The molecule has 1 aliphatic rings. The third-order valence-corrected chi connectivity index (χ3v) is 5.56. The number of hydrogen-bond acceptors (Lipinski definition) is 4. The van der Waals surface area contributed by atoms with Crippen LogP contribution in [-0.4, -0.2) is 47.0 Å². The van der Waals surface area contributed by atoms with Crippen molar-refractivity contribution in [1.29, 1.82) is 0 Å². The fourth-order valence-corrected chi connectivity index (χ4v) is 3.72. The average molecular weight is 430 g/mol. The van der Waals surface area contributed by atoms with Crippen LogP contribution in [0, 0.1) is 0 Å². The van der Waals surface area contributed by atoms with E-state index in [-0.39, 0.29) is 5.91 Å². The van der Waals surface area contributed by atoms with Gasteiger partial charge in [-0.25, -0.2) is 0 Å². The number of hydrogen-bond donors (Lipinski definition) is 0. The summed E-state index contributed by atoms with van der Waals surface area (Å²) in [6.07, 6.45) is 0.918. The first-order valence-electron chi connectivity index (χ1n) is 9.57. The molecule has 1 aromatic heterocycles. The van der Waals surface area contributed by atoms with Crippen LogP contribution in [0.25, 0.3) is 11.3 Å². The first-order chi connectivity index (χ1) is 14.1. The second-order valence-corrected chi connectivity index (χ2v) is 8.00. The maximum absolute atomic E-state index is 12.9. The van der Waals surface area contributed by atoms with Gasteiger partial charge in [0.15, 0.2) is 11.5 Å². The summed E-state index contributed by atoms with van der Waals surface area (Å²) in [5.41, 5.74) is 2.39. The predicted octanol–water partition coefficient (Wildman–Crippen LogP) is 5.00. The Morgan fingerprint density at radius 3 is 2.34 bits per heavy atom. The molecule has 0 atom stereocenters. The summed E-state index contributed by atoms with van der Waals surface area (Å²) in [6.45, 7) is 3.98. The lowest BCUT2D eigenvalue weighted by Crippen LogP contribution is -2.35. The van der Waals surface area contributed by atoms with E-state index in [9.17, 15) is 4.79 Å². The summed E-state index contributed by atoms with van der Waals surface area (Å²) < 4.78 is 5.38. The van der Waals surface area contributed by atoms with E-state index in [1.54, 1.807) is 18.2 Å². The van der Waals surface area contributed by atoms with Crippen molar-refractivity contribution in [1.82, 2.24) is 15.0 Å². The van der Waals surface area contributed by atoms with Crippen LogP contribution >= 0.6 is 23.2 Å². The lowest BCUT2D eigenvalue weighted by atomic mass is 10.1. The van der Waals surface area contributed by atoms with Crippen LogP contribution in [0.4, 0.5) is 0 Å². The van der Waals surface area contributed by atoms with Gasteiger partial charge in [-0.15, -0.1) is 0 Å². The predicted molar refractivity (Wildman–Crippen MR) is 114 cm³/mol. The van der Waals surface area contributed by atoms with Crippen molar-refractivity contribution in [2.45, 2.75) is 13.0 Å². The molecule has 2 aromatic carbocycles. The van der Waals surface area contributed by atoms with Gasteiger partial charge in [-0.05, 0) is 48.4 Å². The van der Waals surface area contributed by atoms with E-state index in [4.69, 9.17) is 27.7 Å². The number of amides is 1. The minimum absolute atomic E-state index is 0.0951. The van der Waals surface area contributed by atoms with Gasteiger partial charge in [0, 0.05) is 54.4 Å². The van der Waals surface area contributed by atoms with E-state index in [0.29, 0.717) is 29.6 Å². The molecule has 0 bridgehead atoms. The van der Waals surface area contributed by atoms with Crippen molar-refractivity contribution in [2.24, 2.45) is 0 Å². The molecule has 7 heteroatoms. The van der Waals surface area contributed by atoms with Crippen molar-refractivity contribution in [2.75, 3.05) is 26.2 Å². The van der Waals surface area contributed by atoms with Crippen LogP contribution in [0.5, 0.6) is 0 Å². The highest BCUT2D eigenvalue weighted by molar-refractivity contribution is 6.30. The highest BCUT2D eigenvalue weighted by Gasteiger charge is 2.23. The summed E-state index contributed by atoms with van der Waals surface area (Å²) >= 11 is 11.9. The van der Waals surface area contributed by atoms with E-state index in [2.05, 4.69) is 10.1 Å². The fraction of sp³-hybridized carbons (Fsp3) is 0.273. The normalized spacial score (nSPS) is 15.3. The average Bonchev–Trinajstić information content (AvgIpc) is 3.10. The Morgan fingerprint density at radius 1 is 0.931 bits per heavy atom. The van der Waals surface area contributed by atoms with Gasteiger partial charge in [0.25, 0.3) is 5.91 Å². The molecule has 3 aromatic rings. The molecule has 0 saturated carbocycles. The van der Waals surface area contributed by atoms with E-state index < -0.39 is 0 Å². The Labute approximate surface area is 179 Å². The molecule has 1 amide bonds. The second kappa shape index (κ2) is 8.99. The lowest BCUT2D eigenvalue weighted by Gasteiger charge is -2.21. The first-order valence-corrected chi connectivity index (χ1v) is 10.3. The summed E-state index contributed by atoms with van der Waals surface area (Å²) in [5, 5.41) is 5.38. The van der Waals surface area contributed by atoms with Crippen molar-refractivity contribution < 1.29 is 9.32 Å². The van der Waals surface area contributed by atoms with E-state index in [1.807, 2.05) is 41.3 Å². The van der Waals surface area contributed by atoms with Gasteiger partial charge in [0.1, 0.15) is 0 Å². The summed E-state index contributed by atoms with van der Waals surface area (Å²) in [6, 6.07) is 16.9. The van der Waals surface area contributed by atoms with Crippen LogP contribution in [0.1, 0.15) is 22.5 Å². The van der Waals surface area contributed by atoms with Crippen LogP contribution < -0.4 is 0 Å². The first kappa shape index (κ1) is 20.0. The molecule has 2 heterocycles. The Morgan fingerprint density at radius 2 is 1.62 bits per heavy atom. The molecule has 0 unspecified atom stereocenters. The number of rotatable bonds is 4. The quantitative estimate of drug-likeness (QED) is 0.585. The Bertz CT molecular complexity index is 970. The van der Waals surface area contributed by atoms with E-state index in [1.165, 1.54) is 5.56 Å².